The average Bonchev–Trinajstić information content (AvgIpc) is 2.86. The first-order valence-corrected chi connectivity index (χ1v) is 7.56. The summed E-state index contributed by atoms with van der Waals surface area (Å²) in [5.74, 6) is 2.14. The van der Waals surface area contributed by atoms with Gasteiger partial charge in [-0.05, 0) is 49.0 Å². The number of hydrogen-bond donors (Lipinski definition) is 2. The van der Waals surface area contributed by atoms with Gasteiger partial charge in [0.1, 0.15) is 0 Å². The molecule has 0 saturated carbocycles. The molecule has 0 amide bonds. The van der Waals surface area contributed by atoms with Gasteiger partial charge in [-0.15, -0.1) is 0 Å². The Morgan fingerprint density at radius 2 is 2.33 bits per heavy atom. The molecule has 2 N–H and O–H groups in total. The van der Waals surface area contributed by atoms with Crippen LogP contribution in [0.25, 0.3) is 0 Å². The number of nitrogens with one attached hydrogen (secondary N) is 2. The van der Waals surface area contributed by atoms with E-state index in [2.05, 4.69) is 15.8 Å². The van der Waals surface area contributed by atoms with E-state index >= 15 is 0 Å². The lowest BCUT2D eigenvalue weighted by Gasteiger charge is -2.11. The molecule has 1 heterocycles. The largest absolute Gasteiger partial charge is 0.331 e. The van der Waals surface area contributed by atoms with Crippen LogP contribution in [-0.2, 0) is 0 Å². The summed E-state index contributed by atoms with van der Waals surface area (Å²) >= 11 is 13.1. The Hall–Kier alpha value is -0.780. The summed E-state index contributed by atoms with van der Waals surface area (Å²) in [6.45, 7) is 1.95. The fourth-order valence-corrected chi connectivity index (χ4v) is 2.86. The van der Waals surface area contributed by atoms with Gasteiger partial charge in [0.2, 0.25) is 0 Å². The highest BCUT2D eigenvalue weighted by Gasteiger charge is 2.09. The van der Waals surface area contributed by atoms with Gasteiger partial charge in [-0.25, -0.2) is 0 Å². The Balaban J connectivity index is 1.94. The molecule has 0 aliphatic carbocycles. The monoisotopic (exact) mass is 299 g/mol. The zero-order valence-corrected chi connectivity index (χ0v) is 12.4. The third-order valence-corrected chi connectivity index (χ3v) is 4.27. The Morgan fingerprint density at radius 1 is 1.50 bits per heavy atom. The van der Waals surface area contributed by atoms with Crippen LogP contribution < -0.4 is 10.7 Å². The molecule has 1 saturated heterocycles. The van der Waals surface area contributed by atoms with Crippen molar-refractivity contribution in [2.45, 2.75) is 13.3 Å². The number of nitrogens with zero attached hydrogens (tertiary/aromatic N) is 1. The van der Waals surface area contributed by atoms with Gasteiger partial charge in [0, 0.05) is 22.2 Å². The standard InChI is InChI=1S/C12H14ClN3S2/c1-8-10(13)3-2-4-11(8)14-12(17)16-15-9-5-6-18-7-9/h2-4H,5-7H2,1H3,(H2,14,16,17)/b15-9+. The zero-order chi connectivity index (χ0) is 13.0. The van der Waals surface area contributed by atoms with E-state index in [4.69, 9.17) is 23.8 Å². The fraction of sp³-hybridized carbons (Fsp3) is 0.333. The second-order valence-corrected chi connectivity index (χ2v) is 5.88. The van der Waals surface area contributed by atoms with Gasteiger partial charge >= 0.3 is 0 Å². The van der Waals surface area contributed by atoms with Gasteiger partial charge in [0.15, 0.2) is 5.11 Å². The molecule has 0 atom stereocenters. The summed E-state index contributed by atoms with van der Waals surface area (Å²) in [5.41, 5.74) is 5.91. The van der Waals surface area contributed by atoms with E-state index in [-0.39, 0.29) is 0 Å². The lowest BCUT2D eigenvalue weighted by atomic mass is 10.2. The minimum absolute atomic E-state index is 0.491. The van der Waals surface area contributed by atoms with E-state index in [0.717, 1.165) is 39.9 Å². The summed E-state index contributed by atoms with van der Waals surface area (Å²) in [6.07, 6.45) is 1.04. The van der Waals surface area contributed by atoms with E-state index in [9.17, 15) is 0 Å². The summed E-state index contributed by atoms with van der Waals surface area (Å²) in [7, 11) is 0. The van der Waals surface area contributed by atoms with Crippen LogP contribution >= 0.6 is 35.6 Å². The first kappa shape index (κ1) is 13.6. The second-order valence-electron chi connectivity index (χ2n) is 3.96. The van der Waals surface area contributed by atoms with Crippen molar-refractivity contribution in [1.82, 2.24) is 5.43 Å². The third-order valence-electron chi connectivity index (χ3n) is 2.64. The molecule has 0 bridgehead atoms. The highest BCUT2D eigenvalue weighted by Crippen LogP contribution is 2.22. The molecule has 6 heteroatoms. The molecule has 0 unspecified atom stereocenters. The van der Waals surface area contributed by atoms with Crippen LogP contribution in [0.5, 0.6) is 0 Å². The number of thiocarbonyl (C=S) groups is 1. The summed E-state index contributed by atoms with van der Waals surface area (Å²) in [6, 6.07) is 5.68. The maximum absolute atomic E-state index is 6.04. The molecule has 0 spiro atoms. The summed E-state index contributed by atoms with van der Waals surface area (Å²) < 4.78 is 0. The molecule has 96 valence electrons. The van der Waals surface area contributed by atoms with Crippen LogP contribution in [0.15, 0.2) is 23.3 Å². The van der Waals surface area contributed by atoms with Crippen LogP contribution in [0.2, 0.25) is 5.02 Å². The molecule has 1 aliphatic rings. The Kier molecular flexibility index (Phi) is 4.86. The smallest absolute Gasteiger partial charge is 0.191 e. The fourth-order valence-electron chi connectivity index (χ4n) is 1.56. The first-order chi connectivity index (χ1) is 8.66. The summed E-state index contributed by atoms with van der Waals surface area (Å²) in [4.78, 5) is 0. The SMILES string of the molecule is Cc1c(Cl)cccc1NC(=S)N/N=C1\CCSC1. The van der Waals surface area contributed by atoms with Crippen molar-refractivity contribution in [1.29, 1.82) is 0 Å². The molecule has 0 aromatic heterocycles. The first-order valence-electron chi connectivity index (χ1n) is 5.62. The third kappa shape index (κ3) is 3.60. The van der Waals surface area contributed by atoms with E-state index < -0.39 is 0 Å². The summed E-state index contributed by atoms with van der Waals surface area (Å²) in [5, 5.41) is 8.59. The van der Waals surface area contributed by atoms with Crippen LogP contribution in [0.3, 0.4) is 0 Å². The van der Waals surface area contributed by atoms with Gasteiger partial charge in [-0.3, -0.25) is 5.43 Å². The van der Waals surface area contributed by atoms with E-state index in [1.807, 2.05) is 36.9 Å². The number of hydrazone groups is 1. The average molecular weight is 300 g/mol. The predicted molar refractivity (Wildman–Crippen MR) is 84.9 cm³/mol. The predicted octanol–water partition coefficient (Wildman–Crippen LogP) is 3.43. The number of hydrogen-bond acceptors (Lipinski definition) is 3. The van der Waals surface area contributed by atoms with Crippen molar-refractivity contribution in [3.63, 3.8) is 0 Å². The molecule has 1 aromatic carbocycles. The number of rotatable bonds is 2. The number of benzene rings is 1. The zero-order valence-electron chi connectivity index (χ0n) is 10.00. The Labute approximate surface area is 121 Å². The van der Waals surface area contributed by atoms with Crippen molar-refractivity contribution in [2.24, 2.45) is 5.10 Å². The van der Waals surface area contributed by atoms with Crippen molar-refractivity contribution in [3.05, 3.63) is 28.8 Å². The minimum Gasteiger partial charge on any atom is -0.331 e. The van der Waals surface area contributed by atoms with Crippen LogP contribution in [-0.4, -0.2) is 22.3 Å². The van der Waals surface area contributed by atoms with Crippen molar-refractivity contribution >= 4 is 52.1 Å². The van der Waals surface area contributed by atoms with E-state index in [1.165, 1.54) is 0 Å². The molecule has 0 radical (unpaired) electrons. The number of halogens is 1. The Bertz CT molecular complexity index is 480. The van der Waals surface area contributed by atoms with Crippen LogP contribution in [0, 0.1) is 6.92 Å². The molecular weight excluding hydrogens is 286 g/mol. The van der Waals surface area contributed by atoms with Crippen LogP contribution in [0.4, 0.5) is 5.69 Å². The lowest BCUT2D eigenvalue weighted by molar-refractivity contribution is 1.02. The van der Waals surface area contributed by atoms with Crippen LogP contribution in [0.1, 0.15) is 12.0 Å². The minimum atomic E-state index is 0.491. The normalized spacial score (nSPS) is 16.9. The lowest BCUT2D eigenvalue weighted by Crippen LogP contribution is -2.25. The quantitative estimate of drug-likeness (QED) is 0.648. The molecule has 18 heavy (non-hydrogen) atoms. The van der Waals surface area contributed by atoms with Gasteiger partial charge in [-0.2, -0.15) is 16.9 Å². The molecule has 1 aliphatic heterocycles. The van der Waals surface area contributed by atoms with Crippen molar-refractivity contribution in [2.75, 3.05) is 16.8 Å². The molecule has 1 fully saturated rings. The van der Waals surface area contributed by atoms with Crippen molar-refractivity contribution < 1.29 is 0 Å². The van der Waals surface area contributed by atoms with Gasteiger partial charge in [-0.1, -0.05) is 17.7 Å². The van der Waals surface area contributed by atoms with E-state index in [0.29, 0.717) is 5.11 Å². The maximum Gasteiger partial charge on any atom is 0.191 e. The molecule has 2 rings (SSSR count). The number of thioether (sulfide) groups is 1. The molecule has 1 aromatic rings. The highest BCUT2D eigenvalue weighted by molar-refractivity contribution is 8.00. The molecular formula is C12H14ClN3S2. The van der Waals surface area contributed by atoms with E-state index in [1.54, 1.807) is 0 Å². The Morgan fingerprint density at radius 3 is 3.06 bits per heavy atom. The topological polar surface area (TPSA) is 36.4 Å². The van der Waals surface area contributed by atoms with Gasteiger partial charge in [0.05, 0.1) is 0 Å². The molecule has 3 nitrogen and oxygen atoms in total. The second kappa shape index (κ2) is 6.41. The maximum atomic E-state index is 6.04. The van der Waals surface area contributed by atoms with Crippen molar-refractivity contribution in [3.8, 4) is 0 Å². The number of anilines is 1. The highest BCUT2D eigenvalue weighted by atomic mass is 35.5. The van der Waals surface area contributed by atoms with Gasteiger partial charge < -0.3 is 5.32 Å². The van der Waals surface area contributed by atoms with Gasteiger partial charge in [0.25, 0.3) is 0 Å².